The third-order valence-corrected chi connectivity index (χ3v) is 4.32. The van der Waals surface area contributed by atoms with Gasteiger partial charge in [-0.1, -0.05) is 11.6 Å². The maximum absolute atomic E-state index is 13.1. The largest absolute Gasteiger partial charge is 0.418 e. The first-order chi connectivity index (χ1) is 12.0. The number of halogens is 4. The highest BCUT2D eigenvalue weighted by Gasteiger charge is 2.34. The van der Waals surface area contributed by atoms with Crippen molar-refractivity contribution in [2.24, 2.45) is 0 Å². The van der Waals surface area contributed by atoms with Gasteiger partial charge in [0.15, 0.2) is 0 Å². The van der Waals surface area contributed by atoms with Crippen LogP contribution in [-0.2, 0) is 15.8 Å². The number of hydrogen-bond donors (Lipinski definition) is 1. The lowest BCUT2D eigenvalue weighted by molar-refractivity contribution is -0.137. The van der Waals surface area contributed by atoms with Gasteiger partial charge in [-0.2, -0.15) is 13.2 Å². The molecule has 0 saturated carbocycles. The molecule has 0 aliphatic rings. The quantitative estimate of drug-likeness (QED) is 0.771. The van der Waals surface area contributed by atoms with Gasteiger partial charge in [0, 0.05) is 18.1 Å². The van der Waals surface area contributed by atoms with Crippen LogP contribution in [0, 0.1) is 0 Å². The zero-order chi connectivity index (χ0) is 20.1. The van der Waals surface area contributed by atoms with Crippen LogP contribution in [0.3, 0.4) is 0 Å². The Morgan fingerprint density at radius 3 is 2.31 bits per heavy atom. The molecule has 0 heterocycles. The van der Waals surface area contributed by atoms with Gasteiger partial charge in [-0.3, -0.25) is 14.5 Å². The number of benzene rings is 1. The average Bonchev–Trinajstić information content (AvgIpc) is 2.55. The number of amides is 2. The van der Waals surface area contributed by atoms with Crippen LogP contribution >= 0.6 is 11.6 Å². The molecule has 9 heteroatoms. The number of rotatable bonds is 7. The Morgan fingerprint density at radius 1 is 1.23 bits per heavy atom. The molecule has 0 aromatic heterocycles. The molecule has 1 aromatic carbocycles. The number of likely N-dealkylation sites (N-methyl/N-ethyl adjacent to an activating group) is 2. The first-order valence-electron chi connectivity index (χ1n) is 8.16. The fraction of sp³-hybridized carbons (Fsp3) is 0.529. The molecule has 0 bridgehead atoms. The Kier molecular flexibility index (Phi) is 7.89. The predicted molar refractivity (Wildman–Crippen MR) is 95.1 cm³/mol. The van der Waals surface area contributed by atoms with E-state index < -0.39 is 23.7 Å². The molecule has 26 heavy (non-hydrogen) atoms. The summed E-state index contributed by atoms with van der Waals surface area (Å²) < 4.78 is 39.3. The first-order valence-corrected chi connectivity index (χ1v) is 8.54. The number of nitrogens with zero attached hydrogens (tertiary/aromatic N) is 2. The zero-order valence-corrected chi connectivity index (χ0v) is 15.9. The highest BCUT2D eigenvalue weighted by atomic mass is 35.5. The molecule has 1 N–H and O–H groups in total. The summed E-state index contributed by atoms with van der Waals surface area (Å²) in [4.78, 5) is 27.5. The van der Waals surface area contributed by atoms with Crippen molar-refractivity contribution in [2.75, 3.05) is 32.0 Å². The van der Waals surface area contributed by atoms with Crippen LogP contribution < -0.4 is 5.32 Å². The third kappa shape index (κ3) is 5.88. The minimum atomic E-state index is -4.65. The van der Waals surface area contributed by atoms with Gasteiger partial charge in [0.05, 0.1) is 23.8 Å². The Bertz CT molecular complexity index is 649. The molecule has 1 unspecified atom stereocenters. The molecule has 5 nitrogen and oxygen atoms in total. The lowest BCUT2D eigenvalue weighted by Gasteiger charge is -2.27. The van der Waals surface area contributed by atoms with Crippen molar-refractivity contribution >= 4 is 29.1 Å². The molecular weight excluding hydrogens is 371 g/mol. The van der Waals surface area contributed by atoms with Crippen LogP contribution in [0.2, 0.25) is 5.02 Å². The van der Waals surface area contributed by atoms with Crippen LogP contribution in [0.25, 0.3) is 0 Å². The van der Waals surface area contributed by atoms with Crippen molar-refractivity contribution in [3.8, 4) is 0 Å². The van der Waals surface area contributed by atoms with Crippen LogP contribution in [0.1, 0.15) is 26.3 Å². The highest BCUT2D eigenvalue weighted by molar-refractivity contribution is 6.30. The van der Waals surface area contributed by atoms with Gasteiger partial charge in [0.25, 0.3) is 0 Å². The van der Waals surface area contributed by atoms with Crippen molar-refractivity contribution in [3.05, 3.63) is 28.8 Å². The van der Waals surface area contributed by atoms with E-state index in [1.807, 2.05) is 13.8 Å². The number of alkyl halides is 3. The Morgan fingerprint density at radius 2 is 1.81 bits per heavy atom. The number of anilines is 1. The van der Waals surface area contributed by atoms with E-state index in [1.165, 1.54) is 17.9 Å². The SMILES string of the molecule is CCN(CC)C(=O)CN(C)C(C)C(=O)Nc1ccc(Cl)cc1C(F)(F)F. The third-order valence-electron chi connectivity index (χ3n) is 4.09. The molecule has 146 valence electrons. The Labute approximate surface area is 156 Å². The number of carbonyl (C=O) groups is 2. The second kappa shape index (κ2) is 9.23. The molecule has 0 spiro atoms. The van der Waals surface area contributed by atoms with Gasteiger partial charge in [-0.25, -0.2) is 0 Å². The van der Waals surface area contributed by atoms with Crippen molar-refractivity contribution in [1.29, 1.82) is 0 Å². The summed E-state index contributed by atoms with van der Waals surface area (Å²) >= 11 is 5.62. The van der Waals surface area contributed by atoms with Crippen LogP contribution in [0.15, 0.2) is 18.2 Å². The maximum Gasteiger partial charge on any atom is 0.418 e. The maximum atomic E-state index is 13.1. The summed E-state index contributed by atoms with van der Waals surface area (Å²) in [6.45, 7) is 6.29. The number of carbonyl (C=O) groups excluding carboxylic acids is 2. The molecule has 0 fully saturated rings. The molecule has 0 saturated heterocycles. The second-order valence-electron chi connectivity index (χ2n) is 5.83. The Hall–Kier alpha value is -1.80. The number of nitrogens with one attached hydrogen (secondary N) is 1. The van der Waals surface area contributed by atoms with E-state index in [1.54, 1.807) is 11.9 Å². The van der Waals surface area contributed by atoms with Crippen molar-refractivity contribution in [2.45, 2.75) is 33.0 Å². The minimum Gasteiger partial charge on any atom is -0.342 e. The van der Waals surface area contributed by atoms with Gasteiger partial charge in [-0.15, -0.1) is 0 Å². The van der Waals surface area contributed by atoms with Gasteiger partial charge in [-0.05, 0) is 46.0 Å². The van der Waals surface area contributed by atoms with Crippen LogP contribution in [-0.4, -0.2) is 54.3 Å². The van der Waals surface area contributed by atoms with Gasteiger partial charge >= 0.3 is 6.18 Å². The van der Waals surface area contributed by atoms with E-state index >= 15 is 0 Å². The smallest absolute Gasteiger partial charge is 0.342 e. The van der Waals surface area contributed by atoms with Gasteiger partial charge in [0.2, 0.25) is 11.8 Å². The fourth-order valence-electron chi connectivity index (χ4n) is 2.32. The van der Waals surface area contributed by atoms with E-state index in [0.29, 0.717) is 13.1 Å². The lowest BCUT2D eigenvalue weighted by atomic mass is 10.1. The highest BCUT2D eigenvalue weighted by Crippen LogP contribution is 2.36. The van der Waals surface area contributed by atoms with Crippen molar-refractivity contribution in [3.63, 3.8) is 0 Å². The summed E-state index contributed by atoms with van der Waals surface area (Å²) in [6.07, 6.45) is -4.65. The van der Waals surface area contributed by atoms with E-state index in [9.17, 15) is 22.8 Å². The molecule has 1 atom stereocenters. The second-order valence-corrected chi connectivity index (χ2v) is 6.27. The Balaban J connectivity index is 2.86. The fourth-order valence-corrected chi connectivity index (χ4v) is 2.50. The predicted octanol–water partition coefficient (Wildman–Crippen LogP) is 3.49. The molecule has 0 aliphatic heterocycles. The van der Waals surface area contributed by atoms with Gasteiger partial charge in [0.1, 0.15) is 0 Å². The monoisotopic (exact) mass is 393 g/mol. The first kappa shape index (κ1) is 22.2. The van der Waals surface area contributed by atoms with Gasteiger partial charge < -0.3 is 10.2 Å². The molecular formula is C17H23ClF3N3O2. The van der Waals surface area contributed by atoms with E-state index in [2.05, 4.69) is 5.32 Å². The summed E-state index contributed by atoms with van der Waals surface area (Å²) in [5, 5.41) is 2.19. The summed E-state index contributed by atoms with van der Waals surface area (Å²) in [6, 6.07) is 2.34. The molecule has 2 amide bonds. The molecule has 0 aliphatic carbocycles. The topological polar surface area (TPSA) is 52.7 Å². The molecule has 1 aromatic rings. The lowest BCUT2D eigenvalue weighted by Crippen LogP contribution is -2.46. The average molecular weight is 394 g/mol. The minimum absolute atomic E-state index is 0.0109. The van der Waals surface area contributed by atoms with E-state index in [4.69, 9.17) is 11.6 Å². The molecule has 0 radical (unpaired) electrons. The van der Waals surface area contributed by atoms with E-state index in [0.717, 1.165) is 12.1 Å². The van der Waals surface area contributed by atoms with Crippen molar-refractivity contribution < 1.29 is 22.8 Å². The van der Waals surface area contributed by atoms with Crippen LogP contribution in [0.5, 0.6) is 0 Å². The zero-order valence-electron chi connectivity index (χ0n) is 15.2. The summed E-state index contributed by atoms with van der Waals surface area (Å²) in [5.41, 5.74) is -1.39. The van der Waals surface area contributed by atoms with Crippen molar-refractivity contribution in [1.82, 2.24) is 9.80 Å². The standard InChI is InChI=1S/C17H23ClF3N3O2/c1-5-24(6-2)15(25)10-23(4)11(3)16(26)22-14-8-7-12(18)9-13(14)17(19,20)21/h7-9,11H,5-6,10H2,1-4H3,(H,22,26). The molecule has 1 rings (SSSR count). The van der Waals surface area contributed by atoms with E-state index in [-0.39, 0.29) is 23.2 Å². The normalized spacial score (nSPS) is 12.8. The van der Waals surface area contributed by atoms with Crippen LogP contribution in [0.4, 0.5) is 18.9 Å². The summed E-state index contributed by atoms with van der Waals surface area (Å²) in [5.74, 6) is -0.799. The summed E-state index contributed by atoms with van der Waals surface area (Å²) in [7, 11) is 1.57. The number of hydrogen-bond acceptors (Lipinski definition) is 3.